The van der Waals surface area contributed by atoms with Crippen molar-refractivity contribution in [2.45, 2.75) is 104 Å². The van der Waals surface area contributed by atoms with Crippen molar-refractivity contribution in [1.82, 2.24) is 25.4 Å². The number of amides is 3. The lowest BCUT2D eigenvalue weighted by Gasteiger charge is -2.37. The predicted molar refractivity (Wildman–Crippen MR) is 186 cm³/mol. The lowest BCUT2D eigenvalue weighted by molar-refractivity contribution is -0.145. The number of carbonyl (C=O) groups is 4. The molecule has 2 N–H and O–H groups in total. The summed E-state index contributed by atoms with van der Waals surface area (Å²) in [7, 11) is 5.17. The number of esters is 1. The van der Waals surface area contributed by atoms with E-state index in [0.29, 0.717) is 31.4 Å². The number of carbonyl (C=O) groups excluding carboxylic acids is 4. The zero-order valence-electron chi connectivity index (χ0n) is 29.5. The van der Waals surface area contributed by atoms with E-state index >= 15 is 0 Å². The molecule has 0 bridgehead atoms. The molecule has 47 heavy (non-hydrogen) atoms. The maximum Gasteiger partial charge on any atom is 0.308 e. The number of aromatic nitrogens is 1. The van der Waals surface area contributed by atoms with Gasteiger partial charge in [-0.1, -0.05) is 71.4 Å². The summed E-state index contributed by atoms with van der Waals surface area (Å²) in [5.41, 5.74) is 1.40. The van der Waals surface area contributed by atoms with Gasteiger partial charge in [0.25, 0.3) is 5.91 Å². The summed E-state index contributed by atoms with van der Waals surface area (Å²) in [4.78, 5) is 61.0. The van der Waals surface area contributed by atoms with Gasteiger partial charge >= 0.3 is 5.97 Å². The Labute approximate surface area is 285 Å². The molecule has 0 saturated carbocycles. The van der Waals surface area contributed by atoms with E-state index in [2.05, 4.69) is 34.4 Å². The van der Waals surface area contributed by atoms with Gasteiger partial charge in [0.1, 0.15) is 11.7 Å². The van der Waals surface area contributed by atoms with Crippen molar-refractivity contribution in [1.29, 1.82) is 0 Å². The lowest BCUT2D eigenvalue weighted by atomic mass is 9.95. The molecular weight excluding hydrogens is 614 g/mol. The van der Waals surface area contributed by atoms with Gasteiger partial charge in [-0.15, -0.1) is 11.3 Å². The number of likely N-dealkylation sites (tertiary alicyclic amines) is 1. The summed E-state index contributed by atoms with van der Waals surface area (Å²) in [6.07, 6.45) is 5.21. The van der Waals surface area contributed by atoms with Gasteiger partial charge in [-0.2, -0.15) is 0 Å². The van der Waals surface area contributed by atoms with Crippen LogP contribution in [0.3, 0.4) is 0 Å². The SMILES string of the molecule is COC(=O)[C@@H](C)C[C@H](Cc1ccccc1)NC(=O)c1csc(CC[C@H](C(C)C)N(C)C(=O)[C@@H](NC(=O)[C@H]2CCCCN2C)C(C)C)n1. The zero-order chi connectivity index (χ0) is 34.7. The van der Waals surface area contributed by atoms with Crippen LogP contribution in [0, 0.1) is 17.8 Å². The Bertz CT molecular complexity index is 1320. The number of thiazole rings is 1. The molecular formula is C36H55N5O5S. The molecule has 2 heterocycles. The average Bonchev–Trinajstić information content (AvgIpc) is 3.52. The van der Waals surface area contributed by atoms with Gasteiger partial charge in [-0.05, 0) is 63.1 Å². The maximum atomic E-state index is 13.8. The van der Waals surface area contributed by atoms with Gasteiger partial charge in [-0.25, -0.2) is 4.98 Å². The fourth-order valence-corrected chi connectivity index (χ4v) is 7.20. The maximum absolute atomic E-state index is 13.8. The van der Waals surface area contributed by atoms with E-state index in [1.54, 1.807) is 17.2 Å². The van der Waals surface area contributed by atoms with Crippen molar-refractivity contribution >= 4 is 35.0 Å². The molecule has 1 fully saturated rings. The average molecular weight is 670 g/mol. The van der Waals surface area contributed by atoms with Gasteiger partial charge in [-0.3, -0.25) is 24.1 Å². The first-order valence-electron chi connectivity index (χ1n) is 17.0. The number of benzene rings is 1. The Hall–Kier alpha value is -3.31. The molecule has 0 radical (unpaired) electrons. The van der Waals surface area contributed by atoms with Crippen molar-refractivity contribution in [2.75, 3.05) is 27.7 Å². The second-order valence-electron chi connectivity index (χ2n) is 13.7. The number of hydrogen-bond donors (Lipinski definition) is 2. The lowest BCUT2D eigenvalue weighted by Crippen LogP contribution is -2.57. The molecule has 10 nitrogen and oxygen atoms in total. The summed E-state index contributed by atoms with van der Waals surface area (Å²) in [5.74, 6) is -1.01. The van der Waals surface area contributed by atoms with E-state index in [1.165, 1.54) is 18.4 Å². The number of piperidine rings is 1. The minimum atomic E-state index is -0.607. The van der Waals surface area contributed by atoms with Crippen molar-refractivity contribution < 1.29 is 23.9 Å². The minimum Gasteiger partial charge on any atom is -0.469 e. The van der Waals surface area contributed by atoms with E-state index in [0.717, 1.165) is 36.4 Å². The number of likely N-dealkylation sites (N-methyl/N-ethyl adjacent to an activating group) is 2. The number of rotatable bonds is 16. The number of nitrogens with zero attached hydrogens (tertiary/aromatic N) is 3. The first kappa shape index (κ1) is 38.1. The molecule has 1 aliphatic rings. The molecule has 5 atom stereocenters. The van der Waals surface area contributed by atoms with E-state index < -0.39 is 6.04 Å². The largest absolute Gasteiger partial charge is 0.469 e. The van der Waals surface area contributed by atoms with Crippen LogP contribution in [0.15, 0.2) is 35.7 Å². The van der Waals surface area contributed by atoms with Crippen LogP contribution in [0.4, 0.5) is 0 Å². The highest BCUT2D eigenvalue weighted by molar-refractivity contribution is 7.09. The Morgan fingerprint density at radius 2 is 1.74 bits per heavy atom. The number of ether oxygens (including phenoxy) is 1. The molecule has 1 saturated heterocycles. The third-order valence-electron chi connectivity index (χ3n) is 9.26. The number of aryl methyl sites for hydroxylation is 1. The highest BCUT2D eigenvalue weighted by Crippen LogP contribution is 2.22. The third-order valence-corrected chi connectivity index (χ3v) is 10.2. The van der Waals surface area contributed by atoms with Crippen molar-refractivity contribution in [3.05, 3.63) is 52.0 Å². The van der Waals surface area contributed by atoms with Crippen LogP contribution in [0.1, 0.15) is 87.8 Å². The number of hydrogen-bond acceptors (Lipinski definition) is 8. The fourth-order valence-electron chi connectivity index (χ4n) is 6.40. The second kappa shape index (κ2) is 18.3. The Kier molecular flexibility index (Phi) is 14.8. The smallest absolute Gasteiger partial charge is 0.308 e. The van der Waals surface area contributed by atoms with E-state index in [1.807, 2.05) is 58.3 Å². The van der Waals surface area contributed by atoms with Crippen LogP contribution in [0.5, 0.6) is 0 Å². The predicted octanol–water partition coefficient (Wildman–Crippen LogP) is 4.72. The summed E-state index contributed by atoms with van der Waals surface area (Å²) in [6.45, 7) is 10.8. The molecule has 0 spiro atoms. The topological polar surface area (TPSA) is 121 Å². The van der Waals surface area contributed by atoms with E-state index in [-0.39, 0.29) is 59.6 Å². The van der Waals surface area contributed by atoms with Crippen LogP contribution in [-0.4, -0.2) is 90.4 Å². The van der Waals surface area contributed by atoms with Crippen LogP contribution in [-0.2, 0) is 32.0 Å². The molecule has 2 aromatic rings. The van der Waals surface area contributed by atoms with Gasteiger partial charge in [0.2, 0.25) is 11.8 Å². The highest BCUT2D eigenvalue weighted by atomic mass is 32.1. The van der Waals surface area contributed by atoms with Gasteiger partial charge in [0.15, 0.2) is 0 Å². The number of methoxy groups -OCH3 is 1. The van der Waals surface area contributed by atoms with Crippen LogP contribution >= 0.6 is 11.3 Å². The Balaban J connectivity index is 1.64. The van der Waals surface area contributed by atoms with Crippen molar-refractivity contribution in [3.8, 4) is 0 Å². The quantitative estimate of drug-likeness (QED) is 0.248. The third kappa shape index (κ3) is 11.1. The Morgan fingerprint density at radius 1 is 1.04 bits per heavy atom. The Morgan fingerprint density at radius 3 is 2.36 bits per heavy atom. The summed E-state index contributed by atoms with van der Waals surface area (Å²) in [5, 5.41) is 8.75. The molecule has 11 heteroatoms. The zero-order valence-corrected chi connectivity index (χ0v) is 30.3. The molecule has 3 rings (SSSR count). The van der Waals surface area contributed by atoms with Crippen LogP contribution in [0.25, 0.3) is 0 Å². The molecule has 1 aliphatic heterocycles. The molecule has 3 amide bonds. The molecule has 1 aromatic heterocycles. The van der Waals surface area contributed by atoms with Gasteiger partial charge in [0, 0.05) is 30.9 Å². The summed E-state index contributed by atoms with van der Waals surface area (Å²) < 4.78 is 4.91. The highest BCUT2D eigenvalue weighted by Gasteiger charge is 2.35. The van der Waals surface area contributed by atoms with Gasteiger partial charge in [0.05, 0.1) is 24.1 Å². The normalized spacial score (nSPS) is 17.9. The first-order valence-corrected chi connectivity index (χ1v) is 17.8. The number of nitrogens with one attached hydrogen (secondary N) is 2. The van der Waals surface area contributed by atoms with Gasteiger partial charge < -0.3 is 20.3 Å². The molecule has 0 aliphatic carbocycles. The second-order valence-corrected chi connectivity index (χ2v) is 14.6. The fraction of sp³-hybridized carbons (Fsp3) is 0.639. The van der Waals surface area contributed by atoms with Crippen molar-refractivity contribution in [2.24, 2.45) is 17.8 Å². The molecule has 260 valence electrons. The minimum absolute atomic E-state index is 0.0584. The monoisotopic (exact) mass is 669 g/mol. The molecule has 0 unspecified atom stereocenters. The molecule has 1 aromatic carbocycles. The summed E-state index contributed by atoms with van der Waals surface area (Å²) in [6, 6.07) is 8.70. The standard InChI is InChI=1S/C36H55N5O5S/c1-23(2)29(41(7)35(44)32(24(3)4)39-34(43)30-16-12-13-19-40(30)6)17-18-31-38-28(22-47-31)33(42)37-27(20-25(5)36(45)46-8)21-26-14-10-9-11-15-26/h9-11,14-15,22-25,27,29-30,32H,12-13,16-21H2,1-8H3,(H,37,42)(H,39,43)/t25-,27+,29+,30+,32-/m0/s1. The van der Waals surface area contributed by atoms with Crippen LogP contribution in [0.2, 0.25) is 0 Å². The van der Waals surface area contributed by atoms with E-state index in [4.69, 9.17) is 4.74 Å². The van der Waals surface area contributed by atoms with E-state index in [9.17, 15) is 19.2 Å². The van der Waals surface area contributed by atoms with Crippen molar-refractivity contribution in [3.63, 3.8) is 0 Å². The van der Waals surface area contributed by atoms with Crippen LogP contribution < -0.4 is 10.6 Å². The first-order chi connectivity index (χ1) is 22.3. The summed E-state index contributed by atoms with van der Waals surface area (Å²) >= 11 is 1.43.